The van der Waals surface area contributed by atoms with Crippen LogP contribution in [0, 0.1) is 6.92 Å². The van der Waals surface area contributed by atoms with E-state index in [0.29, 0.717) is 5.11 Å². The lowest BCUT2D eigenvalue weighted by molar-refractivity contribution is 0.0365. The van der Waals surface area contributed by atoms with Crippen LogP contribution in [0.4, 0.5) is 5.69 Å². The lowest BCUT2D eigenvalue weighted by atomic mass is 10.2. The molecule has 4 rings (SSSR count). The van der Waals surface area contributed by atoms with Crippen molar-refractivity contribution in [3.63, 3.8) is 0 Å². The highest BCUT2D eigenvalue weighted by Crippen LogP contribution is 2.33. The molecule has 3 aromatic rings. The first-order chi connectivity index (χ1) is 16.0. The van der Waals surface area contributed by atoms with E-state index >= 15 is 0 Å². The van der Waals surface area contributed by atoms with E-state index in [2.05, 4.69) is 59.3 Å². The van der Waals surface area contributed by atoms with Gasteiger partial charge in [0.15, 0.2) is 16.4 Å². The van der Waals surface area contributed by atoms with Gasteiger partial charge in [-0.2, -0.15) is 0 Å². The number of anilines is 1. The molecule has 0 unspecified atom stereocenters. The van der Waals surface area contributed by atoms with Gasteiger partial charge in [0.2, 0.25) is 0 Å². The summed E-state index contributed by atoms with van der Waals surface area (Å²) >= 11 is 5.88. The Labute approximate surface area is 201 Å². The highest BCUT2D eigenvalue weighted by Gasteiger charge is 2.23. The molecule has 176 valence electrons. The summed E-state index contributed by atoms with van der Waals surface area (Å²) in [4.78, 5) is 4.68. The van der Waals surface area contributed by atoms with Crippen LogP contribution < -0.4 is 10.1 Å². The quantitative estimate of drug-likeness (QED) is 0.455. The summed E-state index contributed by atoms with van der Waals surface area (Å²) in [6.07, 6.45) is 1.00. The van der Waals surface area contributed by atoms with Gasteiger partial charge in [0.1, 0.15) is 5.76 Å². The number of para-hydroxylation sites is 1. The number of morpholine rings is 1. The number of nitrogens with zero attached hydrogens (tertiary/aromatic N) is 2. The van der Waals surface area contributed by atoms with E-state index in [1.165, 1.54) is 5.56 Å². The number of ether oxygens (including phenoxy) is 2. The molecule has 0 aliphatic carbocycles. The normalized spacial score (nSPS) is 15.4. The lowest BCUT2D eigenvalue weighted by Crippen LogP contribution is -2.41. The van der Waals surface area contributed by atoms with Crippen molar-refractivity contribution in [1.29, 1.82) is 0 Å². The number of methoxy groups -OCH3 is 1. The Balaban J connectivity index is 1.52. The molecule has 0 amide bonds. The first-order valence-electron chi connectivity index (χ1n) is 11.6. The van der Waals surface area contributed by atoms with Crippen LogP contribution in [0.2, 0.25) is 0 Å². The molecule has 33 heavy (non-hydrogen) atoms. The van der Waals surface area contributed by atoms with Crippen LogP contribution in [0.5, 0.6) is 5.75 Å². The summed E-state index contributed by atoms with van der Waals surface area (Å²) in [5.74, 6) is 1.61. The highest BCUT2D eigenvalue weighted by atomic mass is 32.1. The van der Waals surface area contributed by atoms with Crippen molar-refractivity contribution in [2.75, 3.05) is 51.8 Å². The molecule has 2 aromatic carbocycles. The first kappa shape index (κ1) is 23.5. The number of benzene rings is 2. The fourth-order valence-electron chi connectivity index (χ4n) is 4.17. The second-order valence-electron chi connectivity index (χ2n) is 8.50. The summed E-state index contributed by atoms with van der Waals surface area (Å²) < 4.78 is 17.2. The van der Waals surface area contributed by atoms with Crippen molar-refractivity contribution < 1.29 is 13.9 Å². The summed E-state index contributed by atoms with van der Waals surface area (Å²) in [6.45, 7) is 9.68. The maximum atomic E-state index is 6.26. The average Bonchev–Trinajstić information content (AvgIpc) is 3.28. The van der Waals surface area contributed by atoms with Crippen molar-refractivity contribution >= 4 is 34.0 Å². The largest absolute Gasteiger partial charge is 0.493 e. The van der Waals surface area contributed by atoms with Crippen LogP contribution in [0.15, 0.2) is 52.9 Å². The zero-order valence-corrected chi connectivity index (χ0v) is 20.5. The number of aryl methyl sites for hydroxylation is 1. The van der Waals surface area contributed by atoms with E-state index in [1.807, 2.05) is 18.2 Å². The third kappa shape index (κ3) is 5.85. The Bertz CT molecular complexity index is 1060. The van der Waals surface area contributed by atoms with Gasteiger partial charge >= 0.3 is 0 Å². The second kappa shape index (κ2) is 11.0. The maximum absolute atomic E-state index is 6.26. The van der Waals surface area contributed by atoms with Gasteiger partial charge in [-0.3, -0.25) is 4.90 Å². The van der Waals surface area contributed by atoms with Gasteiger partial charge in [-0.1, -0.05) is 29.8 Å². The summed E-state index contributed by atoms with van der Waals surface area (Å²) in [5.41, 5.74) is 2.98. The molecular weight excluding hydrogens is 434 g/mol. The Morgan fingerprint density at radius 1 is 1.18 bits per heavy atom. The molecule has 1 aliphatic heterocycles. The van der Waals surface area contributed by atoms with Crippen LogP contribution in [0.25, 0.3) is 11.0 Å². The number of fused-ring (bicyclic) bond motifs is 1. The van der Waals surface area contributed by atoms with Crippen LogP contribution in [0.3, 0.4) is 0 Å². The molecule has 6 nitrogen and oxygen atoms in total. The first-order valence-corrected chi connectivity index (χ1v) is 12.0. The van der Waals surface area contributed by atoms with E-state index in [9.17, 15) is 0 Å². The van der Waals surface area contributed by atoms with Crippen molar-refractivity contribution in [1.82, 2.24) is 9.80 Å². The third-order valence-electron chi connectivity index (χ3n) is 6.17. The van der Waals surface area contributed by atoms with E-state index in [-0.39, 0.29) is 6.04 Å². The van der Waals surface area contributed by atoms with Gasteiger partial charge in [0, 0.05) is 37.3 Å². The van der Waals surface area contributed by atoms with Crippen molar-refractivity contribution in [3.05, 3.63) is 59.9 Å². The fourth-order valence-corrected chi connectivity index (χ4v) is 4.54. The molecule has 1 N–H and O–H groups in total. The van der Waals surface area contributed by atoms with Crippen LogP contribution in [-0.2, 0) is 4.74 Å². The molecular formula is C26H33N3O3S. The molecule has 1 atom stereocenters. The van der Waals surface area contributed by atoms with Gasteiger partial charge in [0.25, 0.3) is 0 Å². The van der Waals surface area contributed by atoms with Gasteiger partial charge in [-0.15, -0.1) is 0 Å². The fraction of sp³-hybridized carbons (Fsp3) is 0.423. The summed E-state index contributed by atoms with van der Waals surface area (Å²) in [6, 6.07) is 16.3. The maximum Gasteiger partial charge on any atom is 0.176 e. The zero-order valence-electron chi connectivity index (χ0n) is 19.7. The second-order valence-corrected chi connectivity index (χ2v) is 8.89. The molecule has 0 saturated carbocycles. The van der Waals surface area contributed by atoms with Gasteiger partial charge in [0.05, 0.1) is 26.4 Å². The Hall–Kier alpha value is -2.61. The van der Waals surface area contributed by atoms with Crippen LogP contribution in [0.1, 0.15) is 30.7 Å². The monoisotopic (exact) mass is 467 g/mol. The minimum atomic E-state index is -0.0303. The van der Waals surface area contributed by atoms with Gasteiger partial charge in [-0.05, 0) is 56.8 Å². The number of thiocarbonyl (C=S) groups is 1. The average molecular weight is 468 g/mol. The van der Waals surface area contributed by atoms with E-state index < -0.39 is 0 Å². The van der Waals surface area contributed by atoms with E-state index in [1.54, 1.807) is 7.11 Å². The predicted octanol–water partition coefficient (Wildman–Crippen LogP) is 5.23. The zero-order chi connectivity index (χ0) is 23.2. The van der Waals surface area contributed by atoms with E-state index in [0.717, 1.165) is 74.0 Å². The Morgan fingerprint density at radius 2 is 1.94 bits per heavy atom. The van der Waals surface area contributed by atoms with Crippen molar-refractivity contribution in [2.24, 2.45) is 0 Å². The molecule has 7 heteroatoms. The summed E-state index contributed by atoms with van der Waals surface area (Å²) in [7, 11) is 1.67. The molecule has 0 spiro atoms. The number of rotatable bonds is 8. The standard InChI is InChI=1S/C26H33N3O3S/c1-19-8-10-22(11-9-19)27-26(33)29(13-5-12-28-14-16-31-17-15-28)20(2)24-18-21-6-4-7-23(30-3)25(21)32-24/h4,6-11,18,20H,5,12-17H2,1-3H3,(H,27,33)/t20-/m0/s1. The molecule has 1 fully saturated rings. The number of nitrogens with one attached hydrogen (secondary N) is 1. The molecule has 1 aliphatic rings. The molecule has 0 radical (unpaired) electrons. The lowest BCUT2D eigenvalue weighted by Gasteiger charge is -2.32. The van der Waals surface area contributed by atoms with Gasteiger partial charge < -0.3 is 24.1 Å². The summed E-state index contributed by atoms with van der Waals surface area (Å²) in [5, 5.41) is 5.15. The molecule has 0 bridgehead atoms. The van der Waals surface area contributed by atoms with Crippen LogP contribution >= 0.6 is 12.2 Å². The van der Waals surface area contributed by atoms with E-state index in [4.69, 9.17) is 26.1 Å². The number of hydrogen-bond donors (Lipinski definition) is 1. The minimum Gasteiger partial charge on any atom is -0.493 e. The smallest absolute Gasteiger partial charge is 0.176 e. The molecule has 2 heterocycles. The Kier molecular flexibility index (Phi) is 7.85. The Morgan fingerprint density at radius 3 is 2.67 bits per heavy atom. The predicted molar refractivity (Wildman–Crippen MR) is 137 cm³/mol. The SMILES string of the molecule is COc1cccc2cc([C@H](C)N(CCCN3CCOCC3)C(=S)Nc3ccc(C)cc3)oc12. The van der Waals surface area contributed by atoms with Crippen LogP contribution in [-0.4, -0.2) is 61.4 Å². The molecule has 1 aromatic heterocycles. The third-order valence-corrected chi connectivity index (χ3v) is 6.50. The highest BCUT2D eigenvalue weighted by molar-refractivity contribution is 7.80. The number of furan rings is 1. The number of hydrogen-bond acceptors (Lipinski definition) is 5. The van der Waals surface area contributed by atoms with Crippen molar-refractivity contribution in [2.45, 2.75) is 26.3 Å². The molecule has 1 saturated heterocycles. The topological polar surface area (TPSA) is 50.1 Å². The minimum absolute atomic E-state index is 0.0303. The van der Waals surface area contributed by atoms with Crippen molar-refractivity contribution in [3.8, 4) is 5.75 Å². The van der Waals surface area contributed by atoms with Gasteiger partial charge in [-0.25, -0.2) is 0 Å².